The van der Waals surface area contributed by atoms with E-state index < -0.39 is 0 Å². The van der Waals surface area contributed by atoms with Crippen LogP contribution in [-0.4, -0.2) is 16.5 Å². The van der Waals surface area contributed by atoms with Gasteiger partial charge in [-0.15, -0.1) is 0 Å². The van der Waals surface area contributed by atoms with Crippen molar-refractivity contribution in [2.75, 3.05) is 11.9 Å². The van der Waals surface area contributed by atoms with Gasteiger partial charge in [0.15, 0.2) is 0 Å². The minimum Gasteiger partial charge on any atom is -0.368 e. The van der Waals surface area contributed by atoms with Crippen molar-refractivity contribution in [1.82, 2.24) is 9.97 Å². The summed E-state index contributed by atoms with van der Waals surface area (Å²) in [6, 6.07) is 8.17. The molecule has 1 fully saturated rings. The first-order valence-corrected chi connectivity index (χ1v) is 6.84. The molecule has 1 N–H and O–H groups in total. The van der Waals surface area contributed by atoms with Crippen LogP contribution < -0.4 is 5.32 Å². The maximum Gasteiger partial charge on any atom is 0.144 e. The molecular formula is C15H16ClN3. The number of hydrogen-bond acceptors (Lipinski definition) is 3. The number of nitrogens with one attached hydrogen (secondary N) is 1. The van der Waals surface area contributed by atoms with E-state index in [2.05, 4.69) is 27.4 Å². The molecule has 1 aromatic heterocycles. The molecule has 3 rings (SSSR count). The van der Waals surface area contributed by atoms with E-state index in [1.54, 1.807) is 12.4 Å². The number of benzene rings is 1. The van der Waals surface area contributed by atoms with E-state index in [1.807, 2.05) is 19.1 Å². The first kappa shape index (κ1) is 12.4. The van der Waals surface area contributed by atoms with Crippen molar-refractivity contribution in [3.05, 3.63) is 52.9 Å². The zero-order valence-corrected chi connectivity index (χ0v) is 11.6. The van der Waals surface area contributed by atoms with Crippen molar-refractivity contribution in [1.29, 1.82) is 0 Å². The number of aromatic nitrogens is 2. The maximum atomic E-state index is 5.94. The Bertz CT molecular complexity index is 576. The van der Waals surface area contributed by atoms with E-state index in [0.717, 1.165) is 23.1 Å². The third-order valence-corrected chi connectivity index (χ3v) is 3.93. The van der Waals surface area contributed by atoms with Crippen molar-refractivity contribution < 1.29 is 0 Å². The van der Waals surface area contributed by atoms with Crippen LogP contribution in [0.1, 0.15) is 24.1 Å². The first-order valence-electron chi connectivity index (χ1n) is 6.47. The Morgan fingerprint density at radius 1 is 1.21 bits per heavy atom. The molecule has 19 heavy (non-hydrogen) atoms. The van der Waals surface area contributed by atoms with Gasteiger partial charge in [-0.3, -0.25) is 4.98 Å². The summed E-state index contributed by atoms with van der Waals surface area (Å²) in [6.07, 6.45) is 5.95. The predicted octanol–water partition coefficient (Wildman–Crippen LogP) is 3.58. The monoisotopic (exact) mass is 273 g/mol. The number of anilines is 1. The average molecular weight is 274 g/mol. The van der Waals surface area contributed by atoms with Gasteiger partial charge in [-0.05, 0) is 37.5 Å². The molecule has 1 aliphatic carbocycles. The SMILES string of the molecule is Cc1cncc(NCC2(c3ccc(Cl)cc3)CC2)n1. The molecule has 1 aromatic carbocycles. The van der Waals surface area contributed by atoms with Crippen LogP contribution in [0.25, 0.3) is 0 Å². The molecule has 3 nitrogen and oxygen atoms in total. The molecule has 1 aliphatic rings. The molecule has 0 unspecified atom stereocenters. The Morgan fingerprint density at radius 2 is 1.95 bits per heavy atom. The highest BCUT2D eigenvalue weighted by Crippen LogP contribution is 2.48. The highest BCUT2D eigenvalue weighted by molar-refractivity contribution is 6.30. The fraction of sp³-hybridized carbons (Fsp3) is 0.333. The van der Waals surface area contributed by atoms with E-state index >= 15 is 0 Å². The quantitative estimate of drug-likeness (QED) is 0.925. The fourth-order valence-electron chi connectivity index (χ4n) is 2.33. The van der Waals surface area contributed by atoms with Gasteiger partial charge in [-0.1, -0.05) is 23.7 Å². The summed E-state index contributed by atoms with van der Waals surface area (Å²) < 4.78 is 0. The predicted molar refractivity (Wildman–Crippen MR) is 77.6 cm³/mol. The lowest BCUT2D eigenvalue weighted by Crippen LogP contribution is -2.20. The van der Waals surface area contributed by atoms with Gasteiger partial charge >= 0.3 is 0 Å². The Kier molecular flexibility index (Phi) is 3.15. The Morgan fingerprint density at radius 3 is 2.58 bits per heavy atom. The Labute approximate surface area is 118 Å². The van der Waals surface area contributed by atoms with Crippen LogP contribution in [0.15, 0.2) is 36.7 Å². The summed E-state index contributed by atoms with van der Waals surface area (Å²) in [4.78, 5) is 8.56. The van der Waals surface area contributed by atoms with Crippen LogP contribution in [0.4, 0.5) is 5.82 Å². The number of aryl methyl sites for hydroxylation is 1. The molecule has 1 saturated carbocycles. The molecule has 2 aromatic rings. The van der Waals surface area contributed by atoms with E-state index in [-0.39, 0.29) is 5.41 Å². The number of halogens is 1. The maximum absolute atomic E-state index is 5.94. The van der Waals surface area contributed by atoms with Crippen molar-refractivity contribution in [3.63, 3.8) is 0 Å². The number of nitrogens with zero attached hydrogens (tertiary/aromatic N) is 2. The molecule has 4 heteroatoms. The second-order valence-corrected chi connectivity index (χ2v) is 5.62. The summed E-state index contributed by atoms with van der Waals surface area (Å²) in [7, 11) is 0. The summed E-state index contributed by atoms with van der Waals surface area (Å²) >= 11 is 5.94. The molecule has 0 saturated heterocycles. The molecular weight excluding hydrogens is 258 g/mol. The summed E-state index contributed by atoms with van der Waals surface area (Å²) in [5, 5.41) is 4.18. The first-order chi connectivity index (χ1) is 9.18. The van der Waals surface area contributed by atoms with Crippen LogP contribution in [0.5, 0.6) is 0 Å². The van der Waals surface area contributed by atoms with Crippen LogP contribution >= 0.6 is 11.6 Å². The van der Waals surface area contributed by atoms with E-state index in [1.165, 1.54) is 18.4 Å². The van der Waals surface area contributed by atoms with Gasteiger partial charge in [0.25, 0.3) is 0 Å². The molecule has 0 amide bonds. The lowest BCUT2D eigenvalue weighted by Gasteiger charge is -2.17. The van der Waals surface area contributed by atoms with Crippen molar-refractivity contribution in [2.45, 2.75) is 25.2 Å². The van der Waals surface area contributed by atoms with Crippen molar-refractivity contribution in [2.24, 2.45) is 0 Å². The summed E-state index contributed by atoms with van der Waals surface area (Å²) in [5.41, 5.74) is 2.53. The lowest BCUT2D eigenvalue weighted by atomic mass is 9.96. The second-order valence-electron chi connectivity index (χ2n) is 5.19. The second kappa shape index (κ2) is 4.82. The van der Waals surface area contributed by atoms with Crippen molar-refractivity contribution >= 4 is 17.4 Å². The molecule has 0 bridgehead atoms. The highest BCUT2D eigenvalue weighted by atomic mass is 35.5. The number of rotatable bonds is 4. The van der Waals surface area contributed by atoms with E-state index in [0.29, 0.717) is 0 Å². The zero-order chi connectivity index (χ0) is 13.3. The molecule has 0 atom stereocenters. The van der Waals surface area contributed by atoms with Gasteiger partial charge in [0.1, 0.15) is 5.82 Å². The van der Waals surface area contributed by atoms with Gasteiger partial charge in [0, 0.05) is 23.2 Å². The van der Waals surface area contributed by atoms with E-state index in [4.69, 9.17) is 11.6 Å². The third kappa shape index (κ3) is 2.71. The standard InChI is InChI=1S/C15H16ClN3/c1-11-8-17-9-14(19-11)18-10-15(6-7-15)12-2-4-13(16)5-3-12/h2-5,8-9H,6-7,10H2,1H3,(H,18,19). The Balaban J connectivity index is 1.71. The van der Waals surface area contributed by atoms with Crippen molar-refractivity contribution in [3.8, 4) is 0 Å². The molecule has 1 heterocycles. The van der Waals surface area contributed by atoms with Gasteiger partial charge < -0.3 is 5.32 Å². The van der Waals surface area contributed by atoms with Crippen LogP contribution in [-0.2, 0) is 5.41 Å². The summed E-state index contributed by atoms with van der Waals surface area (Å²) in [6.45, 7) is 2.84. The van der Waals surface area contributed by atoms with Gasteiger partial charge in [0.05, 0.1) is 11.9 Å². The van der Waals surface area contributed by atoms with Gasteiger partial charge in [-0.2, -0.15) is 0 Å². The zero-order valence-electron chi connectivity index (χ0n) is 10.9. The van der Waals surface area contributed by atoms with E-state index in [9.17, 15) is 0 Å². The average Bonchev–Trinajstić information content (AvgIpc) is 3.19. The molecule has 0 radical (unpaired) electrons. The highest BCUT2D eigenvalue weighted by Gasteiger charge is 2.43. The molecule has 0 aliphatic heterocycles. The van der Waals surface area contributed by atoms with Crippen LogP contribution in [0, 0.1) is 6.92 Å². The third-order valence-electron chi connectivity index (χ3n) is 3.67. The molecule has 0 spiro atoms. The minimum absolute atomic E-state index is 0.246. The minimum atomic E-state index is 0.246. The topological polar surface area (TPSA) is 37.8 Å². The normalized spacial score (nSPS) is 16.1. The van der Waals surface area contributed by atoms with Crippen LogP contribution in [0.3, 0.4) is 0 Å². The van der Waals surface area contributed by atoms with Gasteiger partial charge in [-0.25, -0.2) is 4.98 Å². The summed E-state index contributed by atoms with van der Waals surface area (Å²) in [5.74, 6) is 0.847. The molecule has 98 valence electrons. The van der Waals surface area contributed by atoms with Gasteiger partial charge in [0.2, 0.25) is 0 Å². The smallest absolute Gasteiger partial charge is 0.144 e. The lowest BCUT2D eigenvalue weighted by molar-refractivity contribution is 0.729. The number of hydrogen-bond donors (Lipinski definition) is 1. The Hall–Kier alpha value is -1.61. The van der Waals surface area contributed by atoms with Crippen LogP contribution in [0.2, 0.25) is 5.02 Å². The fourth-order valence-corrected chi connectivity index (χ4v) is 2.46. The largest absolute Gasteiger partial charge is 0.368 e.